The fourth-order valence-electron chi connectivity index (χ4n) is 0.347. The van der Waals surface area contributed by atoms with Gasteiger partial charge in [0.15, 0.2) is 0 Å². The maximum atomic E-state index is 10.4. The molecule has 0 aliphatic carbocycles. The van der Waals surface area contributed by atoms with Crippen molar-refractivity contribution >= 4 is 28.6 Å². The lowest BCUT2D eigenvalue weighted by Gasteiger charge is -2.02. The summed E-state index contributed by atoms with van der Waals surface area (Å²) in [6.45, 7) is 2.97. The molecule has 0 heterocycles. The lowest BCUT2D eigenvalue weighted by Crippen LogP contribution is -1.99. The Labute approximate surface area is 69.6 Å². The average Bonchev–Trinajstić information content (AvgIpc) is 1.78. The average molecular weight is 207 g/mol. The zero-order chi connectivity index (χ0) is 8.04. The van der Waals surface area contributed by atoms with Crippen LogP contribution in [0.2, 0.25) is 0 Å². The van der Waals surface area contributed by atoms with E-state index in [9.17, 15) is 4.57 Å². The van der Waals surface area contributed by atoms with Gasteiger partial charge in [-0.05, 0) is 29.4 Å². The van der Waals surface area contributed by atoms with Crippen molar-refractivity contribution in [3.05, 3.63) is 0 Å². The van der Waals surface area contributed by atoms with Gasteiger partial charge in [-0.1, -0.05) is 0 Å². The molecule has 0 aromatic carbocycles. The molecular weight excluding hydrogens is 198 g/mol. The first kappa shape index (κ1) is 10.7. The van der Waals surface area contributed by atoms with Crippen molar-refractivity contribution in [3.63, 3.8) is 0 Å². The van der Waals surface area contributed by atoms with Crippen LogP contribution in [0, 0.1) is 0 Å². The van der Waals surface area contributed by atoms with Crippen molar-refractivity contribution in [2.24, 2.45) is 0 Å². The molecule has 0 aromatic rings. The Bertz CT molecular complexity index is 124. The van der Waals surface area contributed by atoms with Crippen LogP contribution < -0.4 is 0 Å². The topological polar surface area (TPSA) is 35.5 Å². The predicted octanol–water partition coefficient (Wildman–Crippen LogP) is 2.63. The highest BCUT2D eigenvalue weighted by molar-refractivity contribution is 8.05. The molecule has 0 amide bonds. The summed E-state index contributed by atoms with van der Waals surface area (Å²) in [7, 11) is 0. The van der Waals surface area contributed by atoms with E-state index in [4.69, 9.17) is 27.2 Å². The van der Waals surface area contributed by atoms with E-state index in [0.717, 1.165) is 0 Å². The molecule has 0 unspecified atom stereocenters. The molecule has 0 bridgehead atoms. The quantitative estimate of drug-likeness (QED) is 0.513. The normalized spacial score (nSPS) is 11.9. The largest absolute Gasteiger partial charge is 0.380 e. The lowest BCUT2D eigenvalue weighted by molar-refractivity contribution is 0.113. The highest BCUT2D eigenvalue weighted by Crippen LogP contribution is 2.57. The van der Waals surface area contributed by atoms with Crippen molar-refractivity contribution in [1.82, 2.24) is 0 Å². The van der Waals surface area contributed by atoms with Crippen molar-refractivity contribution in [1.29, 1.82) is 0 Å². The first-order valence-corrected chi connectivity index (χ1v) is 6.21. The van der Waals surface area contributed by atoms with Gasteiger partial charge >= 0.3 is 6.07 Å². The molecule has 0 rings (SSSR count). The first-order valence-electron chi connectivity index (χ1n) is 2.78. The minimum absolute atomic E-state index is 0.165. The van der Waals surface area contributed by atoms with Crippen LogP contribution in [0.5, 0.6) is 0 Å². The van der Waals surface area contributed by atoms with Crippen molar-refractivity contribution in [3.8, 4) is 0 Å². The standard InChI is InChI=1S/C4H9Cl2O3P/c1-2-8-3-4-9-10(5,6)7/h2-4H2,1H3. The third kappa shape index (κ3) is 8.73. The van der Waals surface area contributed by atoms with Crippen LogP contribution in [0.15, 0.2) is 0 Å². The molecule has 0 aliphatic rings. The van der Waals surface area contributed by atoms with E-state index in [1.165, 1.54) is 0 Å². The van der Waals surface area contributed by atoms with E-state index in [1.54, 1.807) is 0 Å². The molecule has 0 aliphatic heterocycles. The number of hydrogen-bond acceptors (Lipinski definition) is 3. The van der Waals surface area contributed by atoms with E-state index < -0.39 is 6.07 Å². The second kappa shape index (κ2) is 5.39. The molecule has 0 saturated heterocycles. The molecule has 0 radical (unpaired) electrons. The first-order chi connectivity index (χ1) is 4.56. The van der Waals surface area contributed by atoms with Gasteiger partial charge in [0.2, 0.25) is 0 Å². The van der Waals surface area contributed by atoms with Crippen LogP contribution in [0.25, 0.3) is 0 Å². The van der Waals surface area contributed by atoms with Crippen molar-refractivity contribution < 1.29 is 13.8 Å². The summed E-state index contributed by atoms with van der Waals surface area (Å²) in [6, 6.07) is 0. The number of rotatable bonds is 5. The zero-order valence-corrected chi connectivity index (χ0v) is 7.96. The summed E-state index contributed by atoms with van der Waals surface area (Å²) in [6.07, 6.45) is -3.34. The van der Waals surface area contributed by atoms with Gasteiger partial charge in [0.25, 0.3) is 0 Å². The van der Waals surface area contributed by atoms with Crippen LogP contribution in [0.4, 0.5) is 0 Å². The monoisotopic (exact) mass is 206 g/mol. The molecular formula is C4H9Cl2O3P. The van der Waals surface area contributed by atoms with Gasteiger partial charge in [-0.25, -0.2) is 0 Å². The lowest BCUT2D eigenvalue weighted by atomic mass is 10.8. The summed E-state index contributed by atoms with van der Waals surface area (Å²) >= 11 is 10.1. The fraction of sp³-hybridized carbons (Fsp3) is 1.00. The molecule has 6 heteroatoms. The van der Waals surface area contributed by atoms with Crippen molar-refractivity contribution in [2.45, 2.75) is 6.92 Å². The van der Waals surface area contributed by atoms with E-state index in [0.29, 0.717) is 13.2 Å². The number of ether oxygens (including phenoxy) is 1. The molecule has 0 saturated carbocycles. The van der Waals surface area contributed by atoms with Crippen LogP contribution in [0.3, 0.4) is 0 Å². The Kier molecular flexibility index (Phi) is 5.78. The Morgan fingerprint density at radius 3 is 2.40 bits per heavy atom. The van der Waals surface area contributed by atoms with Gasteiger partial charge in [-0.15, -0.1) is 0 Å². The Balaban J connectivity index is 3.13. The Morgan fingerprint density at radius 2 is 2.00 bits per heavy atom. The third-order valence-corrected chi connectivity index (χ3v) is 1.74. The van der Waals surface area contributed by atoms with Gasteiger partial charge in [0.1, 0.15) is 0 Å². The van der Waals surface area contributed by atoms with Gasteiger partial charge in [-0.2, -0.15) is 0 Å². The summed E-state index contributed by atoms with van der Waals surface area (Å²) in [5.41, 5.74) is 0. The Morgan fingerprint density at radius 1 is 1.40 bits per heavy atom. The summed E-state index contributed by atoms with van der Waals surface area (Å²) in [5.74, 6) is 0. The van der Waals surface area contributed by atoms with Gasteiger partial charge in [0.05, 0.1) is 13.2 Å². The minimum Gasteiger partial charge on any atom is -0.379 e. The zero-order valence-electron chi connectivity index (χ0n) is 5.55. The second-order valence-corrected chi connectivity index (χ2v) is 5.72. The second-order valence-electron chi connectivity index (χ2n) is 1.44. The summed E-state index contributed by atoms with van der Waals surface area (Å²) in [5, 5.41) is 0. The summed E-state index contributed by atoms with van der Waals surface area (Å²) < 4.78 is 19.8. The molecule has 0 atom stereocenters. The number of halogens is 2. The van der Waals surface area contributed by atoms with E-state index in [1.807, 2.05) is 6.92 Å². The van der Waals surface area contributed by atoms with Crippen LogP contribution in [-0.4, -0.2) is 19.8 Å². The molecule has 10 heavy (non-hydrogen) atoms. The minimum atomic E-state index is -3.34. The smallest absolute Gasteiger partial charge is 0.379 e. The Hall–Kier alpha value is 0.730. The fourth-order valence-corrected chi connectivity index (χ4v) is 1.05. The summed E-state index contributed by atoms with van der Waals surface area (Å²) in [4.78, 5) is 0. The molecule has 0 aromatic heterocycles. The van der Waals surface area contributed by atoms with Gasteiger partial charge < -0.3 is 9.26 Å². The third-order valence-electron chi connectivity index (χ3n) is 0.673. The molecule has 0 N–H and O–H groups in total. The molecule has 0 fully saturated rings. The van der Waals surface area contributed by atoms with E-state index in [-0.39, 0.29) is 6.61 Å². The maximum absolute atomic E-state index is 10.4. The van der Waals surface area contributed by atoms with Crippen LogP contribution >= 0.6 is 28.6 Å². The maximum Gasteiger partial charge on any atom is 0.380 e. The highest BCUT2D eigenvalue weighted by Gasteiger charge is 2.12. The van der Waals surface area contributed by atoms with E-state index in [2.05, 4.69) is 4.52 Å². The van der Waals surface area contributed by atoms with Crippen molar-refractivity contribution in [2.75, 3.05) is 19.8 Å². The molecule has 0 spiro atoms. The van der Waals surface area contributed by atoms with E-state index >= 15 is 0 Å². The molecule has 3 nitrogen and oxygen atoms in total. The highest BCUT2D eigenvalue weighted by atomic mass is 35.9. The predicted molar refractivity (Wildman–Crippen MR) is 41.8 cm³/mol. The van der Waals surface area contributed by atoms with Crippen LogP contribution in [0.1, 0.15) is 6.92 Å². The molecule has 62 valence electrons. The SMILES string of the molecule is CCOCCOP(=O)(Cl)Cl. The number of hydrogen-bond donors (Lipinski definition) is 0. The van der Waals surface area contributed by atoms with Gasteiger partial charge in [0, 0.05) is 6.61 Å². The van der Waals surface area contributed by atoms with Gasteiger partial charge in [-0.3, -0.25) is 4.57 Å². The van der Waals surface area contributed by atoms with Crippen LogP contribution in [-0.2, 0) is 13.8 Å².